The zero-order chi connectivity index (χ0) is 22.2. The number of carbonyl (C=O) groups is 1. The molecule has 2 aliphatic heterocycles. The van der Waals surface area contributed by atoms with E-state index >= 15 is 0 Å². The van der Waals surface area contributed by atoms with Crippen molar-refractivity contribution < 1.29 is 19.0 Å². The van der Waals surface area contributed by atoms with Crippen molar-refractivity contribution in [2.45, 2.75) is 18.9 Å². The maximum absolute atomic E-state index is 14.9. The molecule has 0 aliphatic carbocycles. The third kappa shape index (κ3) is 3.28. The van der Waals surface area contributed by atoms with E-state index in [1.54, 1.807) is 17.0 Å². The molecule has 0 fully saturated rings. The third-order valence-corrected chi connectivity index (χ3v) is 5.91. The Bertz CT molecular complexity index is 1230. The number of aromatic nitrogens is 1. The molecule has 2 bridgehead atoms. The number of carbonyl (C=O) groups excluding carboxylic acids is 1. The second-order valence-corrected chi connectivity index (χ2v) is 7.90. The van der Waals surface area contributed by atoms with Gasteiger partial charge in [0.15, 0.2) is 23.0 Å². The first kappa shape index (κ1) is 20.1. The molecule has 1 aromatic heterocycles. The summed E-state index contributed by atoms with van der Waals surface area (Å²) >= 11 is 0. The summed E-state index contributed by atoms with van der Waals surface area (Å²) in [7, 11) is 0. The van der Waals surface area contributed by atoms with Crippen LogP contribution in [0, 0.1) is 5.82 Å². The van der Waals surface area contributed by atoms with Crippen molar-refractivity contribution in [1.82, 2.24) is 9.58 Å². The van der Waals surface area contributed by atoms with Gasteiger partial charge in [-0.1, -0.05) is 42.5 Å². The molecule has 1 atom stereocenters. The van der Waals surface area contributed by atoms with E-state index in [-0.39, 0.29) is 18.1 Å². The monoisotopic (exact) mass is 435 g/mol. The van der Waals surface area contributed by atoms with E-state index < -0.39 is 28.9 Å². The molecule has 7 nitrogen and oxygen atoms in total. The summed E-state index contributed by atoms with van der Waals surface area (Å²) in [5.41, 5.74) is 0.724. The molecule has 3 heterocycles. The minimum atomic E-state index is -0.623. The van der Waals surface area contributed by atoms with E-state index in [0.717, 1.165) is 5.56 Å². The van der Waals surface area contributed by atoms with Crippen molar-refractivity contribution in [3.8, 4) is 11.5 Å². The standard InChI is InChI=1S/C24H22FN3O4/c25-18-10-6-9-17-20(16-7-2-1-3-8-16)28-15-26(12-4-5-14-32-23(17)18)24(31)21-22(30)19(29)11-13-27(21)28/h1-3,6-11,13,20,30H,4-5,12,14-15H2/t20-/m0/s1. The van der Waals surface area contributed by atoms with Crippen molar-refractivity contribution in [1.29, 1.82) is 0 Å². The topological polar surface area (TPSA) is 75.0 Å². The summed E-state index contributed by atoms with van der Waals surface area (Å²) in [5, 5.41) is 12.4. The summed E-state index contributed by atoms with van der Waals surface area (Å²) in [4.78, 5) is 26.9. The van der Waals surface area contributed by atoms with E-state index in [1.807, 2.05) is 35.3 Å². The molecule has 0 spiro atoms. The number of hydrogen-bond acceptors (Lipinski definition) is 5. The maximum atomic E-state index is 14.9. The molecular weight excluding hydrogens is 413 g/mol. The minimum Gasteiger partial charge on any atom is -0.502 e. The first-order valence-corrected chi connectivity index (χ1v) is 10.5. The van der Waals surface area contributed by atoms with Crippen LogP contribution >= 0.6 is 0 Å². The molecule has 0 saturated heterocycles. The number of aromatic hydroxyl groups is 1. The number of pyridine rings is 1. The van der Waals surface area contributed by atoms with Crippen LogP contribution in [0.15, 0.2) is 65.6 Å². The molecule has 2 aromatic carbocycles. The van der Waals surface area contributed by atoms with Gasteiger partial charge >= 0.3 is 0 Å². The van der Waals surface area contributed by atoms with Gasteiger partial charge in [-0.3, -0.25) is 19.3 Å². The van der Waals surface area contributed by atoms with E-state index in [2.05, 4.69) is 0 Å². The van der Waals surface area contributed by atoms with Gasteiger partial charge in [0.1, 0.15) is 12.7 Å². The zero-order valence-corrected chi connectivity index (χ0v) is 17.3. The predicted octanol–water partition coefficient (Wildman–Crippen LogP) is 3.01. The van der Waals surface area contributed by atoms with Crippen molar-refractivity contribution in [3.63, 3.8) is 0 Å². The molecule has 3 aromatic rings. The Labute approximate surface area is 183 Å². The normalized spacial score (nSPS) is 18.3. The van der Waals surface area contributed by atoms with Gasteiger partial charge in [0.05, 0.1) is 6.61 Å². The SMILES string of the molecule is O=C1c2c(O)c(=O)ccn2N2CN1CCCCOc1c(F)cccc1[C@@H]2c1ccccc1. The Balaban J connectivity index is 1.80. The second-order valence-electron chi connectivity index (χ2n) is 7.90. The van der Waals surface area contributed by atoms with Crippen LogP contribution in [0.4, 0.5) is 4.39 Å². The van der Waals surface area contributed by atoms with Crippen molar-refractivity contribution in [3.05, 3.63) is 93.7 Å². The molecule has 0 saturated carbocycles. The predicted molar refractivity (Wildman–Crippen MR) is 116 cm³/mol. The van der Waals surface area contributed by atoms with Crippen LogP contribution in [0.3, 0.4) is 0 Å². The summed E-state index contributed by atoms with van der Waals surface area (Å²) in [6.45, 7) is 0.929. The number of fused-ring (bicyclic) bond motifs is 5. The number of nitrogens with zero attached hydrogens (tertiary/aromatic N) is 3. The van der Waals surface area contributed by atoms with Gasteiger partial charge in [-0.25, -0.2) is 4.39 Å². The lowest BCUT2D eigenvalue weighted by molar-refractivity contribution is 0.0676. The number of ether oxygens (including phenoxy) is 1. The number of hydrogen-bond donors (Lipinski definition) is 1. The average molecular weight is 435 g/mol. The van der Waals surface area contributed by atoms with Crippen LogP contribution in [0.1, 0.15) is 40.5 Å². The lowest BCUT2D eigenvalue weighted by Gasteiger charge is -2.44. The maximum Gasteiger partial charge on any atom is 0.277 e. The number of rotatable bonds is 1. The lowest BCUT2D eigenvalue weighted by atomic mass is 9.96. The van der Waals surface area contributed by atoms with Gasteiger partial charge in [-0.15, -0.1) is 0 Å². The smallest absolute Gasteiger partial charge is 0.277 e. The highest BCUT2D eigenvalue weighted by molar-refractivity contribution is 5.96. The van der Waals surface area contributed by atoms with Crippen LogP contribution in [0.5, 0.6) is 11.5 Å². The van der Waals surface area contributed by atoms with E-state index in [9.17, 15) is 19.1 Å². The Morgan fingerprint density at radius 2 is 1.81 bits per heavy atom. The summed E-state index contributed by atoms with van der Waals surface area (Å²) < 4.78 is 22.3. The van der Waals surface area contributed by atoms with Crippen LogP contribution in [0.25, 0.3) is 0 Å². The Kier molecular flexibility index (Phi) is 5.05. The van der Waals surface area contributed by atoms with Gasteiger partial charge < -0.3 is 14.7 Å². The first-order valence-electron chi connectivity index (χ1n) is 10.5. The molecule has 32 heavy (non-hydrogen) atoms. The molecular formula is C24H22FN3O4. The molecule has 1 amide bonds. The minimum absolute atomic E-state index is 0.0946. The fourth-order valence-electron chi connectivity index (χ4n) is 4.39. The Hall–Kier alpha value is -3.81. The van der Waals surface area contributed by atoms with Gasteiger partial charge in [0.25, 0.3) is 5.91 Å². The summed E-state index contributed by atoms with van der Waals surface area (Å²) in [6.07, 6.45) is 2.74. The van der Waals surface area contributed by atoms with Gasteiger partial charge in [-0.05, 0) is 24.5 Å². The van der Waals surface area contributed by atoms with Gasteiger partial charge in [-0.2, -0.15) is 0 Å². The quantitative estimate of drug-likeness (QED) is 0.636. The van der Waals surface area contributed by atoms with Gasteiger partial charge in [0.2, 0.25) is 5.43 Å². The molecule has 2 aliphatic rings. The fourth-order valence-corrected chi connectivity index (χ4v) is 4.39. The van der Waals surface area contributed by atoms with E-state index in [4.69, 9.17) is 4.74 Å². The molecule has 0 radical (unpaired) electrons. The molecule has 164 valence electrons. The van der Waals surface area contributed by atoms with Crippen LogP contribution in [-0.2, 0) is 0 Å². The lowest BCUT2D eigenvalue weighted by Crippen LogP contribution is -2.55. The van der Waals surface area contributed by atoms with Crippen molar-refractivity contribution in [2.75, 3.05) is 24.8 Å². The largest absolute Gasteiger partial charge is 0.502 e. The zero-order valence-electron chi connectivity index (χ0n) is 17.3. The summed E-state index contributed by atoms with van der Waals surface area (Å²) in [6, 6.07) is 15.0. The number of benzene rings is 2. The van der Waals surface area contributed by atoms with Crippen LogP contribution in [-0.4, -0.2) is 40.4 Å². The second kappa shape index (κ2) is 8.03. The highest BCUT2D eigenvalue weighted by atomic mass is 19.1. The average Bonchev–Trinajstić information content (AvgIpc) is 2.83. The molecule has 1 N–H and O–H groups in total. The van der Waals surface area contributed by atoms with Crippen LogP contribution < -0.4 is 15.2 Å². The highest BCUT2D eigenvalue weighted by Gasteiger charge is 2.37. The number of para-hydroxylation sites is 1. The molecule has 0 unspecified atom stereocenters. The molecule has 8 heteroatoms. The third-order valence-electron chi connectivity index (χ3n) is 5.91. The summed E-state index contributed by atoms with van der Waals surface area (Å²) in [5.74, 6) is -1.30. The van der Waals surface area contributed by atoms with Gasteiger partial charge in [0, 0.05) is 24.4 Å². The fraction of sp³-hybridized carbons (Fsp3) is 0.250. The number of amides is 1. The Morgan fingerprint density at radius 3 is 2.62 bits per heavy atom. The molecule has 5 rings (SSSR count). The first-order chi connectivity index (χ1) is 15.6. The number of halogens is 1. The van der Waals surface area contributed by atoms with Crippen molar-refractivity contribution >= 4 is 5.91 Å². The van der Waals surface area contributed by atoms with Crippen molar-refractivity contribution in [2.24, 2.45) is 0 Å². The van der Waals surface area contributed by atoms with E-state index in [1.165, 1.54) is 23.0 Å². The van der Waals surface area contributed by atoms with Crippen LogP contribution in [0.2, 0.25) is 0 Å². The highest BCUT2D eigenvalue weighted by Crippen LogP contribution is 2.38. The van der Waals surface area contributed by atoms with E-state index in [0.29, 0.717) is 31.6 Å². The Morgan fingerprint density at radius 1 is 1.00 bits per heavy atom.